The Hall–Kier alpha value is -0.260. The number of hydrogen-bond donors (Lipinski definition) is 0. The average molecular weight is 108 g/mol. The zero-order chi connectivity index (χ0) is 5.40. The summed E-state index contributed by atoms with van der Waals surface area (Å²) in [7, 11) is 0. The van der Waals surface area contributed by atoms with Crippen LogP contribution in [-0.2, 0) is 0 Å². The van der Waals surface area contributed by atoms with Crippen molar-refractivity contribution >= 4 is 0 Å². The molecule has 0 saturated heterocycles. The van der Waals surface area contributed by atoms with Crippen LogP contribution in [0.3, 0.4) is 0 Å². The van der Waals surface area contributed by atoms with E-state index in [-0.39, 0.29) is 0 Å². The Kier molecular flexibility index (Phi) is 0.927. The van der Waals surface area contributed by atoms with Gasteiger partial charge in [0.05, 0.1) is 0 Å². The number of rotatable bonds is 0. The SMILES string of the molecule is C1CCC(=C2CC2)C1. The second kappa shape index (κ2) is 1.61. The minimum atomic E-state index is 1.44. The normalized spacial score (nSPS) is 27.0. The third kappa shape index (κ3) is 0.683. The fraction of sp³-hybridized carbons (Fsp3) is 0.750. The summed E-state index contributed by atoms with van der Waals surface area (Å²) < 4.78 is 0. The first kappa shape index (κ1) is 4.60. The molecule has 0 aromatic carbocycles. The Labute approximate surface area is 50.6 Å². The number of hydrogen-bond acceptors (Lipinski definition) is 0. The molecule has 0 aromatic heterocycles. The van der Waals surface area contributed by atoms with Gasteiger partial charge in [0.15, 0.2) is 0 Å². The summed E-state index contributed by atoms with van der Waals surface area (Å²) in [4.78, 5) is 0. The molecule has 0 unspecified atom stereocenters. The van der Waals surface area contributed by atoms with Gasteiger partial charge in [-0.3, -0.25) is 0 Å². The maximum absolute atomic E-state index is 1.82. The summed E-state index contributed by atoms with van der Waals surface area (Å²) in [5, 5.41) is 0. The largest absolute Gasteiger partial charge is 0.0710 e. The predicted octanol–water partition coefficient (Wildman–Crippen LogP) is 2.65. The molecule has 0 radical (unpaired) electrons. The first-order valence-electron chi connectivity index (χ1n) is 3.66. The van der Waals surface area contributed by atoms with Crippen molar-refractivity contribution < 1.29 is 0 Å². The molecule has 0 atom stereocenters. The molecule has 0 heteroatoms. The highest BCUT2D eigenvalue weighted by Gasteiger charge is 2.19. The lowest BCUT2D eigenvalue weighted by molar-refractivity contribution is 0.886. The van der Waals surface area contributed by atoms with Gasteiger partial charge in [-0.15, -0.1) is 0 Å². The summed E-state index contributed by atoms with van der Waals surface area (Å²) in [5.41, 5.74) is 3.63. The zero-order valence-corrected chi connectivity index (χ0v) is 5.24. The highest BCUT2D eigenvalue weighted by molar-refractivity contribution is 5.26. The van der Waals surface area contributed by atoms with E-state index in [9.17, 15) is 0 Å². The molecule has 2 aliphatic rings. The molecule has 0 N–H and O–H groups in total. The van der Waals surface area contributed by atoms with Gasteiger partial charge >= 0.3 is 0 Å². The van der Waals surface area contributed by atoms with E-state index in [1.165, 1.54) is 38.5 Å². The van der Waals surface area contributed by atoms with E-state index in [0.717, 1.165) is 0 Å². The summed E-state index contributed by atoms with van der Waals surface area (Å²) in [6, 6.07) is 0. The van der Waals surface area contributed by atoms with Gasteiger partial charge in [-0.1, -0.05) is 11.1 Å². The fourth-order valence-corrected chi connectivity index (χ4v) is 1.57. The first-order valence-corrected chi connectivity index (χ1v) is 3.66. The lowest BCUT2D eigenvalue weighted by atomic mass is 10.2. The molecule has 0 aliphatic heterocycles. The minimum Gasteiger partial charge on any atom is -0.0710 e. The second-order valence-electron chi connectivity index (χ2n) is 2.91. The van der Waals surface area contributed by atoms with Crippen molar-refractivity contribution in [1.82, 2.24) is 0 Å². The van der Waals surface area contributed by atoms with Crippen LogP contribution >= 0.6 is 0 Å². The van der Waals surface area contributed by atoms with Gasteiger partial charge in [0.25, 0.3) is 0 Å². The van der Waals surface area contributed by atoms with Crippen molar-refractivity contribution in [3.63, 3.8) is 0 Å². The highest BCUT2D eigenvalue weighted by atomic mass is 14.2. The molecule has 2 aliphatic carbocycles. The van der Waals surface area contributed by atoms with E-state index in [1.807, 2.05) is 11.1 Å². The van der Waals surface area contributed by atoms with Gasteiger partial charge in [-0.25, -0.2) is 0 Å². The Morgan fingerprint density at radius 1 is 0.625 bits per heavy atom. The third-order valence-corrected chi connectivity index (χ3v) is 2.21. The lowest BCUT2D eigenvalue weighted by Gasteiger charge is -1.87. The molecule has 0 heterocycles. The molecular formula is C8H12. The van der Waals surface area contributed by atoms with Gasteiger partial charge < -0.3 is 0 Å². The molecule has 0 bridgehead atoms. The van der Waals surface area contributed by atoms with Crippen molar-refractivity contribution in [2.75, 3.05) is 0 Å². The van der Waals surface area contributed by atoms with Gasteiger partial charge in [0.1, 0.15) is 0 Å². The zero-order valence-electron chi connectivity index (χ0n) is 5.24. The van der Waals surface area contributed by atoms with Crippen LogP contribution < -0.4 is 0 Å². The van der Waals surface area contributed by atoms with Crippen LogP contribution in [0.4, 0.5) is 0 Å². The van der Waals surface area contributed by atoms with Crippen LogP contribution in [0.1, 0.15) is 38.5 Å². The molecule has 0 aromatic rings. The van der Waals surface area contributed by atoms with E-state index in [4.69, 9.17) is 0 Å². The summed E-state index contributed by atoms with van der Waals surface area (Å²) in [6.07, 6.45) is 8.70. The summed E-state index contributed by atoms with van der Waals surface area (Å²) >= 11 is 0. The van der Waals surface area contributed by atoms with E-state index in [2.05, 4.69) is 0 Å². The van der Waals surface area contributed by atoms with E-state index in [1.54, 1.807) is 0 Å². The van der Waals surface area contributed by atoms with Crippen LogP contribution in [0, 0.1) is 0 Å². The third-order valence-electron chi connectivity index (χ3n) is 2.21. The van der Waals surface area contributed by atoms with Crippen molar-refractivity contribution in [3.8, 4) is 0 Å². The van der Waals surface area contributed by atoms with E-state index in [0.29, 0.717) is 0 Å². The first-order chi connectivity index (χ1) is 3.97. The molecule has 2 rings (SSSR count). The van der Waals surface area contributed by atoms with E-state index < -0.39 is 0 Å². The molecular weight excluding hydrogens is 96.1 g/mol. The lowest BCUT2D eigenvalue weighted by Crippen LogP contribution is -1.67. The summed E-state index contributed by atoms with van der Waals surface area (Å²) in [6.45, 7) is 0. The quantitative estimate of drug-likeness (QED) is 0.418. The van der Waals surface area contributed by atoms with Crippen LogP contribution in [-0.4, -0.2) is 0 Å². The molecule has 0 spiro atoms. The van der Waals surface area contributed by atoms with Gasteiger partial charge in [-0.2, -0.15) is 0 Å². The second-order valence-corrected chi connectivity index (χ2v) is 2.91. The average Bonchev–Trinajstić information content (AvgIpc) is 2.49. The molecule has 0 nitrogen and oxygen atoms in total. The van der Waals surface area contributed by atoms with Crippen LogP contribution in [0.2, 0.25) is 0 Å². The monoisotopic (exact) mass is 108 g/mol. The predicted molar refractivity (Wildman–Crippen MR) is 34.7 cm³/mol. The van der Waals surface area contributed by atoms with Crippen LogP contribution in [0.25, 0.3) is 0 Å². The van der Waals surface area contributed by atoms with Gasteiger partial charge in [-0.05, 0) is 38.5 Å². The van der Waals surface area contributed by atoms with Crippen LogP contribution in [0.5, 0.6) is 0 Å². The van der Waals surface area contributed by atoms with Crippen molar-refractivity contribution in [2.45, 2.75) is 38.5 Å². The molecule has 2 fully saturated rings. The Morgan fingerprint density at radius 2 is 1.12 bits per heavy atom. The van der Waals surface area contributed by atoms with Gasteiger partial charge in [0.2, 0.25) is 0 Å². The minimum absolute atomic E-state index is 1.44. The summed E-state index contributed by atoms with van der Waals surface area (Å²) in [5.74, 6) is 0. The van der Waals surface area contributed by atoms with Crippen LogP contribution in [0.15, 0.2) is 11.1 Å². The molecule has 44 valence electrons. The van der Waals surface area contributed by atoms with Gasteiger partial charge in [0, 0.05) is 0 Å². The Bertz CT molecular complexity index is 117. The van der Waals surface area contributed by atoms with E-state index >= 15 is 0 Å². The van der Waals surface area contributed by atoms with Crippen molar-refractivity contribution in [2.24, 2.45) is 0 Å². The van der Waals surface area contributed by atoms with Crippen molar-refractivity contribution in [1.29, 1.82) is 0 Å². The standard InChI is InChI=1S/C8H12/c1-2-4-7(3-1)8-5-6-8/h1-6H2. The molecule has 8 heavy (non-hydrogen) atoms. The van der Waals surface area contributed by atoms with Crippen molar-refractivity contribution in [3.05, 3.63) is 11.1 Å². The topological polar surface area (TPSA) is 0 Å². The molecule has 0 amide bonds. The Morgan fingerprint density at radius 3 is 1.62 bits per heavy atom. The maximum Gasteiger partial charge on any atom is -0.0280 e. The molecule has 2 saturated carbocycles. The Balaban J connectivity index is 2.14. The maximum atomic E-state index is 1.82. The smallest absolute Gasteiger partial charge is 0.0280 e. The fourth-order valence-electron chi connectivity index (χ4n) is 1.57. The number of allylic oxidation sites excluding steroid dienone is 2. The highest BCUT2D eigenvalue weighted by Crippen LogP contribution is 2.38.